The van der Waals surface area contributed by atoms with Crippen molar-refractivity contribution >= 4 is 28.8 Å². The predicted octanol–water partition coefficient (Wildman–Crippen LogP) is 1.56. The van der Waals surface area contributed by atoms with Crippen molar-refractivity contribution in [3.8, 4) is 0 Å². The highest BCUT2D eigenvalue weighted by Gasteiger charge is 1.99. The number of para-hydroxylation sites is 1. The highest BCUT2D eigenvalue weighted by Crippen LogP contribution is 2.07. The van der Waals surface area contributed by atoms with Gasteiger partial charge in [-0.2, -0.15) is 0 Å². The van der Waals surface area contributed by atoms with Crippen molar-refractivity contribution in [3.63, 3.8) is 0 Å². The van der Waals surface area contributed by atoms with Crippen LogP contribution < -0.4 is 17.2 Å². The Balaban J connectivity index is 0.000000392. The molecule has 0 aliphatic rings. The summed E-state index contributed by atoms with van der Waals surface area (Å²) in [5.41, 5.74) is 16.4. The first-order valence-electron chi connectivity index (χ1n) is 8.85. The average molecular weight is 391 g/mol. The number of nitrogens with two attached hydrogens (primary N) is 3. The molecule has 9 heteroatoms. The number of nitrogens with zero attached hydrogens (tertiary/aromatic N) is 2. The minimum absolute atomic E-state index is 0.0632. The van der Waals surface area contributed by atoms with E-state index in [1.54, 1.807) is 0 Å². The van der Waals surface area contributed by atoms with E-state index in [2.05, 4.69) is 22.1 Å². The summed E-state index contributed by atoms with van der Waals surface area (Å²) in [5, 5.41) is 17.3. The molecular weight excluding hydrogens is 362 g/mol. The van der Waals surface area contributed by atoms with Crippen molar-refractivity contribution < 1.29 is 19.8 Å². The summed E-state index contributed by atoms with van der Waals surface area (Å²) in [5.74, 6) is -1.74. The average Bonchev–Trinajstić information content (AvgIpc) is 2.66. The lowest BCUT2D eigenvalue weighted by molar-refractivity contribution is -0.138. The molecule has 2 rings (SSSR count). The Hall–Kier alpha value is -3.20. The van der Waals surface area contributed by atoms with Gasteiger partial charge >= 0.3 is 11.9 Å². The minimum Gasteiger partial charge on any atom is -0.481 e. The van der Waals surface area contributed by atoms with Crippen LogP contribution in [0.25, 0.3) is 10.9 Å². The van der Waals surface area contributed by atoms with Crippen LogP contribution in [-0.4, -0.2) is 46.2 Å². The molecule has 0 atom stereocenters. The van der Waals surface area contributed by atoms with E-state index in [1.165, 1.54) is 5.39 Å². The Kier molecular flexibility index (Phi) is 14.2. The Morgan fingerprint density at radius 2 is 1.54 bits per heavy atom. The molecule has 0 aliphatic carbocycles. The van der Waals surface area contributed by atoms with E-state index in [1.807, 2.05) is 30.5 Å². The Labute approximate surface area is 164 Å². The van der Waals surface area contributed by atoms with Gasteiger partial charge in [0, 0.05) is 31.0 Å². The van der Waals surface area contributed by atoms with Gasteiger partial charge in [0.15, 0.2) is 5.96 Å². The van der Waals surface area contributed by atoms with Gasteiger partial charge in [-0.3, -0.25) is 19.6 Å². The van der Waals surface area contributed by atoms with Crippen molar-refractivity contribution in [2.45, 2.75) is 32.1 Å². The van der Waals surface area contributed by atoms with Gasteiger partial charge in [-0.1, -0.05) is 24.3 Å². The third kappa shape index (κ3) is 15.1. The van der Waals surface area contributed by atoms with Crippen molar-refractivity contribution in [2.24, 2.45) is 22.2 Å². The van der Waals surface area contributed by atoms with Gasteiger partial charge < -0.3 is 27.4 Å². The molecule has 0 aliphatic heterocycles. The molecule has 9 nitrogen and oxygen atoms in total. The normalized spacial score (nSPS) is 9.32. The first-order chi connectivity index (χ1) is 13.4. The van der Waals surface area contributed by atoms with Gasteiger partial charge in [0.05, 0.1) is 5.52 Å². The number of aromatic nitrogens is 1. The van der Waals surface area contributed by atoms with E-state index < -0.39 is 11.9 Å². The van der Waals surface area contributed by atoms with E-state index in [4.69, 9.17) is 27.4 Å². The van der Waals surface area contributed by atoms with Gasteiger partial charge in [0.25, 0.3) is 0 Å². The van der Waals surface area contributed by atoms with Gasteiger partial charge in [0.1, 0.15) is 0 Å². The number of rotatable bonds is 8. The van der Waals surface area contributed by atoms with Crippen molar-refractivity contribution in [2.75, 3.05) is 13.1 Å². The second kappa shape index (κ2) is 16.0. The van der Waals surface area contributed by atoms with Crippen LogP contribution in [0.5, 0.6) is 0 Å². The molecule has 0 radical (unpaired) electrons. The van der Waals surface area contributed by atoms with E-state index >= 15 is 0 Å². The highest BCUT2D eigenvalue weighted by molar-refractivity contribution is 5.77. The van der Waals surface area contributed by atoms with Gasteiger partial charge in [0.2, 0.25) is 0 Å². The number of fused-ring (bicyclic) bond motifs is 1. The summed E-state index contributed by atoms with van der Waals surface area (Å²) in [6.07, 6.45) is 3.84. The third-order valence-corrected chi connectivity index (χ3v) is 3.20. The fourth-order valence-corrected chi connectivity index (χ4v) is 1.87. The van der Waals surface area contributed by atoms with Crippen LogP contribution in [0.15, 0.2) is 47.6 Å². The molecule has 28 heavy (non-hydrogen) atoms. The molecule has 1 heterocycles. The number of aliphatic carboxylic acids is 2. The van der Waals surface area contributed by atoms with Crippen LogP contribution in [0.2, 0.25) is 0 Å². The van der Waals surface area contributed by atoms with Crippen LogP contribution in [0.1, 0.15) is 32.1 Å². The minimum atomic E-state index is -0.948. The van der Waals surface area contributed by atoms with E-state index in [0.29, 0.717) is 13.1 Å². The van der Waals surface area contributed by atoms with Crippen LogP contribution >= 0.6 is 0 Å². The number of unbranched alkanes of at least 4 members (excludes halogenated alkanes) is 1. The monoisotopic (exact) mass is 391 g/mol. The second-order valence-electron chi connectivity index (χ2n) is 5.64. The van der Waals surface area contributed by atoms with Crippen LogP contribution in [0, 0.1) is 0 Å². The molecule has 2 aromatic rings. The number of aliphatic imine (C=N–C) groups is 1. The smallest absolute Gasteiger partial charge is 0.303 e. The number of hydrogen-bond donors (Lipinski definition) is 5. The van der Waals surface area contributed by atoms with Crippen molar-refractivity contribution in [1.29, 1.82) is 0 Å². The number of hydrogen-bond acceptors (Lipinski definition) is 5. The van der Waals surface area contributed by atoms with Crippen LogP contribution in [0.3, 0.4) is 0 Å². The Morgan fingerprint density at radius 1 is 0.929 bits per heavy atom. The van der Waals surface area contributed by atoms with Crippen molar-refractivity contribution in [3.05, 3.63) is 42.6 Å². The summed E-state index contributed by atoms with van der Waals surface area (Å²) < 4.78 is 0. The maximum Gasteiger partial charge on any atom is 0.303 e. The van der Waals surface area contributed by atoms with E-state index in [0.717, 1.165) is 18.4 Å². The number of guanidine groups is 1. The van der Waals surface area contributed by atoms with Gasteiger partial charge in [-0.15, -0.1) is 0 Å². The van der Waals surface area contributed by atoms with E-state index in [9.17, 15) is 9.59 Å². The van der Waals surface area contributed by atoms with Crippen molar-refractivity contribution in [1.82, 2.24) is 4.98 Å². The Bertz CT molecular complexity index is 654. The zero-order valence-electron chi connectivity index (χ0n) is 15.8. The maximum atomic E-state index is 9.79. The topological polar surface area (TPSA) is 178 Å². The predicted molar refractivity (Wildman–Crippen MR) is 110 cm³/mol. The summed E-state index contributed by atoms with van der Waals surface area (Å²) in [6, 6.07) is 12.1. The second-order valence-corrected chi connectivity index (χ2v) is 5.64. The summed E-state index contributed by atoms with van der Waals surface area (Å²) in [4.78, 5) is 27.5. The fraction of sp³-hybridized carbons (Fsp3) is 0.368. The molecule has 0 amide bonds. The lowest BCUT2D eigenvalue weighted by atomic mass is 10.2. The molecule has 0 unspecified atom stereocenters. The third-order valence-electron chi connectivity index (χ3n) is 3.20. The zero-order valence-corrected chi connectivity index (χ0v) is 15.8. The zero-order chi connectivity index (χ0) is 21.2. The molecule has 0 saturated heterocycles. The van der Waals surface area contributed by atoms with Crippen LogP contribution in [0.4, 0.5) is 0 Å². The first-order valence-corrected chi connectivity index (χ1v) is 8.85. The molecule has 0 spiro atoms. The molecule has 0 fully saturated rings. The Morgan fingerprint density at radius 3 is 2.07 bits per heavy atom. The fourth-order valence-electron chi connectivity index (χ4n) is 1.87. The van der Waals surface area contributed by atoms with Crippen LogP contribution in [-0.2, 0) is 9.59 Å². The molecule has 8 N–H and O–H groups in total. The standard InChI is InChI=1S/C9H7N.C5H14N4.C5H8O4/c1-2-6-9-8(4-1)5-3-7-10-9;6-3-1-2-4-9-5(7)8;6-4(7)2-1-3-5(8)9/h1-7H;1-4,6H2,(H4,7,8,9);1-3H2,(H,6,7)(H,8,9). The quantitative estimate of drug-likeness (QED) is 0.255. The number of carboxylic acids is 2. The molecule has 1 aromatic carbocycles. The first kappa shape index (κ1) is 24.8. The lowest BCUT2D eigenvalue weighted by Crippen LogP contribution is -2.23. The number of pyridine rings is 1. The molecule has 1 aromatic heterocycles. The van der Waals surface area contributed by atoms with Gasteiger partial charge in [-0.25, -0.2) is 0 Å². The molecule has 0 saturated carbocycles. The van der Waals surface area contributed by atoms with Gasteiger partial charge in [-0.05, 0) is 37.9 Å². The SMILES string of the molecule is NCCCCN=C(N)N.O=C(O)CCCC(=O)O.c1ccc2ncccc2c1. The molecule has 154 valence electrons. The number of carboxylic acid groups (broad SMARTS) is 2. The maximum absolute atomic E-state index is 9.79. The summed E-state index contributed by atoms with van der Waals surface area (Å²) >= 11 is 0. The lowest BCUT2D eigenvalue weighted by Gasteiger charge is -1.92. The highest BCUT2D eigenvalue weighted by atomic mass is 16.4. The number of benzene rings is 1. The molecule has 0 bridgehead atoms. The summed E-state index contributed by atoms with van der Waals surface area (Å²) in [7, 11) is 0. The van der Waals surface area contributed by atoms with E-state index in [-0.39, 0.29) is 25.2 Å². The molecular formula is C19H29N5O4. The summed E-state index contributed by atoms with van der Waals surface area (Å²) in [6.45, 7) is 1.40. The largest absolute Gasteiger partial charge is 0.481 e. The number of carbonyl (C=O) groups is 2.